The van der Waals surface area contributed by atoms with Crippen molar-refractivity contribution in [1.82, 2.24) is 10.2 Å². The van der Waals surface area contributed by atoms with E-state index < -0.39 is 7.14 Å². The third-order valence-corrected chi connectivity index (χ3v) is 11.5. The number of nitrogens with zero attached hydrogens (tertiary/aromatic N) is 2. The van der Waals surface area contributed by atoms with Crippen LogP contribution in [0.25, 0.3) is 0 Å². The average molecular weight is 698 g/mol. The maximum Gasteiger partial charge on any atom is 0.247 e. The highest BCUT2D eigenvalue weighted by atomic mass is 35.5. The second kappa shape index (κ2) is 17.6. The highest BCUT2D eigenvalue weighted by molar-refractivity contribution is 7.70. The molecule has 0 saturated carbocycles. The number of methoxy groups -OCH3 is 1. The van der Waals surface area contributed by atoms with Crippen molar-refractivity contribution in [3.05, 3.63) is 54.6 Å². The van der Waals surface area contributed by atoms with Gasteiger partial charge in [-0.05, 0) is 76.9 Å². The molecular formula is C37H55ClN6O3P+. The predicted octanol–water partition coefficient (Wildman–Crippen LogP) is 6.28. The summed E-state index contributed by atoms with van der Waals surface area (Å²) in [6.07, 6.45) is 9.02. The quantitative estimate of drug-likeness (QED) is 0.0764. The highest BCUT2D eigenvalue weighted by Crippen LogP contribution is 2.40. The molecule has 262 valence electrons. The first-order valence-electron chi connectivity index (χ1n) is 17.3. The molecule has 0 bridgehead atoms. The molecule has 9 nitrogen and oxygen atoms in total. The summed E-state index contributed by atoms with van der Waals surface area (Å²) in [5.41, 5.74) is 2.86. The number of quaternary nitrogens is 1. The Labute approximate surface area is 293 Å². The topological polar surface area (TPSA) is 94.7 Å². The number of benzene rings is 2. The number of halogens is 1. The molecule has 0 radical (unpaired) electrons. The van der Waals surface area contributed by atoms with E-state index in [1.165, 1.54) is 25.3 Å². The van der Waals surface area contributed by atoms with E-state index in [0.717, 1.165) is 62.0 Å². The van der Waals surface area contributed by atoms with Crippen LogP contribution in [-0.4, -0.2) is 93.3 Å². The van der Waals surface area contributed by atoms with Gasteiger partial charge in [0.1, 0.15) is 18.3 Å². The van der Waals surface area contributed by atoms with Crippen LogP contribution in [0.1, 0.15) is 57.4 Å². The lowest BCUT2D eigenvalue weighted by molar-refractivity contribution is -0.974. The van der Waals surface area contributed by atoms with Crippen molar-refractivity contribution >= 4 is 47.0 Å². The van der Waals surface area contributed by atoms with Gasteiger partial charge in [0.2, 0.25) is 12.2 Å². The van der Waals surface area contributed by atoms with Crippen LogP contribution < -0.4 is 31.3 Å². The fourth-order valence-corrected chi connectivity index (χ4v) is 8.29. The second-order valence-electron chi connectivity index (χ2n) is 13.4. The summed E-state index contributed by atoms with van der Waals surface area (Å²) >= 11 is 7.28. The molecular weight excluding hydrogens is 643 g/mol. The Morgan fingerprint density at radius 3 is 2.38 bits per heavy atom. The number of nitrogens with one attached hydrogen (secondary N) is 4. The Morgan fingerprint density at radius 2 is 1.75 bits per heavy atom. The van der Waals surface area contributed by atoms with E-state index in [1.807, 2.05) is 56.8 Å². The molecule has 3 unspecified atom stereocenters. The van der Waals surface area contributed by atoms with Crippen LogP contribution in [0, 0.1) is 11.8 Å². The van der Waals surface area contributed by atoms with Crippen LogP contribution in [0.3, 0.4) is 0 Å². The number of hydrogen-bond acceptors (Lipinski definition) is 7. The number of carbonyl (C=O) groups excluding carboxylic acids is 1. The minimum atomic E-state index is -2.56. The average Bonchev–Trinajstić information content (AvgIpc) is 3.07. The summed E-state index contributed by atoms with van der Waals surface area (Å²) in [5.74, 6) is 6.77. The van der Waals surface area contributed by atoms with Crippen LogP contribution in [0.2, 0.25) is 0 Å². The summed E-state index contributed by atoms with van der Waals surface area (Å²) in [5, 5.41) is 15.0. The lowest BCUT2D eigenvalue weighted by atomic mass is 10.0. The van der Waals surface area contributed by atoms with Crippen LogP contribution >= 0.6 is 18.7 Å². The van der Waals surface area contributed by atoms with Gasteiger partial charge < -0.3 is 25.3 Å². The number of alkyl halides is 1. The van der Waals surface area contributed by atoms with Gasteiger partial charge in [-0.3, -0.25) is 14.2 Å². The lowest BCUT2D eigenvalue weighted by Gasteiger charge is -2.55. The van der Waals surface area contributed by atoms with Gasteiger partial charge in [-0.1, -0.05) is 56.7 Å². The van der Waals surface area contributed by atoms with Gasteiger partial charge in [-0.25, -0.2) is 5.32 Å². The molecule has 2 aromatic carbocycles. The second-order valence-corrected chi connectivity index (χ2v) is 17.1. The molecule has 2 aliphatic rings. The Kier molecular flexibility index (Phi) is 13.9. The fraction of sp³-hybridized carbons (Fsp3) is 0.541. The summed E-state index contributed by atoms with van der Waals surface area (Å²) in [6.45, 7) is 13.2. The standard InChI is InChI=1S/C37H54ClN6O3P/c1-7-35(45)40-31-26-32(33(47-4)25-28(31)19-18-22-43(3)8-2)42-37-39-27-29(38)36(41-30-20-14-15-21-34(30)48(5,6)46)44(37)23-16-12-10-9-11-13-17-24-44/h7,14-15,20-21,25-26,29,36-37,39,42H,1,8-13,16-17,22-24,27H2,2-6H3,(H-,40,41,45,46)/p+1. The number of hydrogen-bond donors (Lipinski definition) is 4. The fourth-order valence-electron chi connectivity index (χ4n) is 6.75. The van der Waals surface area contributed by atoms with Crippen LogP contribution in [0.4, 0.5) is 17.1 Å². The zero-order chi connectivity index (χ0) is 34.7. The molecule has 4 N–H and O–H groups in total. The Bertz CT molecular complexity index is 1510. The van der Waals surface area contributed by atoms with E-state index in [-0.39, 0.29) is 23.7 Å². The minimum absolute atomic E-state index is 0.163. The molecule has 1 amide bonds. The molecule has 0 aliphatic carbocycles. The van der Waals surface area contributed by atoms with Gasteiger partial charge in [0.25, 0.3) is 0 Å². The van der Waals surface area contributed by atoms with Crippen molar-refractivity contribution in [3.8, 4) is 17.6 Å². The van der Waals surface area contributed by atoms with Gasteiger partial charge in [0.05, 0.1) is 43.7 Å². The van der Waals surface area contributed by atoms with Gasteiger partial charge in [-0.2, -0.15) is 0 Å². The molecule has 1 spiro atoms. The van der Waals surface area contributed by atoms with Crippen molar-refractivity contribution in [2.24, 2.45) is 0 Å². The molecule has 2 heterocycles. The Balaban J connectivity index is 1.80. The van der Waals surface area contributed by atoms with Crippen LogP contribution in [0.15, 0.2) is 49.1 Å². The Hall–Kier alpha value is -2.99. The predicted molar refractivity (Wildman–Crippen MR) is 202 cm³/mol. The van der Waals surface area contributed by atoms with Crippen LogP contribution in [-0.2, 0) is 9.36 Å². The zero-order valence-electron chi connectivity index (χ0n) is 29.4. The highest BCUT2D eigenvalue weighted by Gasteiger charge is 2.51. The molecule has 2 saturated heterocycles. The number of ether oxygens (including phenoxy) is 1. The van der Waals surface area contributed by atoms with E-state index in [1.54, 1.807) is 7.11 Å². The van der Waals surface area contributed by atoms with Gasteiger partial charge in [0.15, 0.2) is 6.17 Å². The minimum Gasteiger partial charge on any atom is -0.495 e. The maximum atomic E-state index is 13.4. The summed E-state index contributed by atoms with van der Waals surface area (Å²) in [7, 11) is 1.11. The first kappa shape index (κ1) is 37.8. The number of amides is 1. The first-order valence-corrected chi connectivity index (χ1v) is 20.3. The smallest absolute Gasteiger partial charge is 0.247 e. The van der Waals surface area contributed by atoms with Crippen molar-refractivity contribution in [2.45, 2.75) is 69.7 Å². The van der Waals surface area contributed by atoms with Crippen molar-refractivity contribution in [2.75, 3.05) is 76.2 Å². The molecule has 2 fully saturated rings. The monoisotopic (exact) mass is 697 g/mol. The number of para-hydroxylation sites is 1. The third-order valence-electron chi connectivity index (χ3n) is 9.54. The van der Waals surface area contributed by atoms with Gasteiger partial charge >= 0.3 is 0 Å². The summed E-state index contributed by atoms with van der Waals surface area (Å²) in [6, 6.07) is 11.7. The third kappa shape index (κ3) is 9.58. The molecule has 48 heavy (non-hydrogen) atoms. The molecule has 2 aromatic rings. The van der Waals surface area contributed by atoms with E-state index in [4.69, 9.17) is 16.3 Å². The van der Waals surface area contributed by atoms with Crippen molar-refractivity contribution < 1.29 is 18.6 Å². The molecule has 2 aliphatic heterocycles. The van der Waals surface area contributed by atoms with E-state index in [2.05, 4.69) is 51.5 Å². The Morgan fingerprint density at radius 1 is 1.08 bits per heavy atom. The first-order chi connectivity index (χ1) is 23.0. The largest absolute Gasteiger partial charge is 0.495 e. The summed E-state index contributed by atoms with van der Waals surface area (Å²) in [4.78, 5) is 14.7. The number of rotatable bonds is 10. The van der Waals surface area contributed by atoms with E-state index in [0.29, 0.717) is 34.6 Å². The summed E-state index contributed by atoms with van der Waals surface area (Å²) < 4.78 is 20.0. The van der Waals surface area contributed by atoms with Crippen molar-refractivity contribution in [3.63, 3.8) is 0 Å². The molecule has 4 rings (SSSR count). The van der Waals surface area contributed by atoms with Gasteiger partial charge in [-0.15, -0.1) is 11.6 Å². The maximum absolute atomic E-state index is 13.4. The molecule has 11 heteroatoms. The van der Waals surface area contributed by atoms with Gasteiger partial charge in [0, 0.05) is 23.6 Å². The molecule has 0 aromatic heterocycles. The normalized spacial score (nSPS) is 21.4. The lowest BCUT2D eigenvalue weighted by Crippen LogP contribution is -2.77. The van der Waals surface area contributed by atoms with E-state index >= 15 is 0 Å². The SMILES string of the molecule is C=CC(=O)Nc1cc(NC2NCC(Cl)C(Nc3ccccc3P(C)(C)=O)[N+]23CCCCCCCCC3)c(OC)cc1C#CCN(C)CC. The number of carbonyl (C=O) groups is 1. The number of anilines is 3. The van der Waals surface area contributed by atoms with Crippen molar-refractivity contribution in [1.29, 1.82) is 0 Å². The zero-order valence-corrected chi connectivity index (χ0v) is 31.1. The van der Waals surface area contributed by atoms with E-state index in [9.17, 15) is 9.36 Å². The van der Waals surface area contributed by atoms with Crippen LogP contribution in [0.5, 0.6) is 5.75 Å². The molecule has 3 atom stereocenters.